The molecule has 2 fully saturated rings. The van der Waals surface area contributed by atoms with E-state index < -0.39 is 0 Å². The largest absolute Gasteiger partial charge is 0.375 e. The van der Waals surface area contributed by atoms with E-state index in [1.807, 2.05) is 12.1 Å². The van der Waals surface area contributed by atoms with E-state index in [9.17, 15) is 4.39 Å². The van der Waals surface area contributed by atoms with Crippen molar-refractivity contribution in [3.8, 4) is 0 Å². The molecule has 0 aliphatic carbocycles. The van der Waals surface area contributed by atoms with Crippen molar-refractivity contribution in [2.24, 2.45) is 4.99 Å². The van der Waals surface area contributed by atoms with Crippen molar-refractivity contribution in [2.75, 3.05) is 45.1 Å². The van der Waals surface area contributed by atoms with Crippen LogP contribution in [0.2, 0.25) is 0 Å². The molecule has 0 amide bonds. The first kappa shape index (κ1) is 20.4. The van der Waals surface area contributed by atoms with E-state index in [1.165, 1.54) is 6.07 Å². The van der Waals surface area contributed by atoms with Gasteiger partial charge in [0.05, 0.1) is 19.3 Å². The number of morpholine rings is 1. The summed E-state index contributed by atoms with van der Waals surface area (Å²) >= 11 is 1.71. The summed E-state index contributed by atoms with van der Waals surface area (Å²) in [7, 11) is 0. The van der Waals surface area contributed by atoms with Gasteiger partial charge in [-0.1, -0.05) is 18.2 Å². The van der Waals surface area contributed by atoms with E-state index in [0.717, 1.165) is 56.4 Å². The zero-order valence-electron chi connectivity index (χ0n) is 16.0. The Morgan fingerprint density at radius 3 is 2.93 bits per heavy atom. The molecule has 1 N–H and O–H groups in total. The Bertz CT molecular complexity index is 611. The van der Waals surface area contributed by atoms with Crippen LogP contribution in [0, 0.1) is 5.82 Å². The standard InChI is InChI=1S/C20H30FN3O2S/c1-2-22-20(23-9-13-27-15-16-6-3-4-7-17(16)21)24-10-12-26-19(14-24)18-8-5-11-25-18/h3-4,6-7,18-19H,2,5,8-15H2,1H3,(H,22,23). The number of guanidine groups is 1. The van der Waals surface area contributed by atoms with Gasteiger partial charge in [-0.2, -0.15) is 11.8 Å². The second kappa shape index (κ2) is 10.9. The van der Waals surface area contributed by atoms with Gasteiger partial charge in [-0.15, -0.1) is 0 Å². The Hall–Kier alpha value is -1.31. The number of halogens is 1. The molecule has 2 saturated heterocycles. The number of nitrogens with zero attached hydrogens (tertiary/aromatic N) is 2. The number of hydrogen-bond acceptors (Lipinski definition) is 4. The first-order valence-electron chi connectivity index (χ1n) is 9.85. The average molecular weight is 396 g/mol. The third-order valence-electron chi connectivity index (χ3n) is 4.82. The Kier molecular flexibility index (Phi) is 8.23. The number of benzene rings is 1. The summed E-state index contributed by atoms with van der Waals surface area (Å²) in [6.45, 7) is 6.85. The highest BCUT2D eigenvalue weighted by atomic mass is 32.2. The van der Waals surface area contributed by atoms with Crippen molar-refractivity contribution in [2.45, 2.75) is 37.7 Å². The van der Waals surface area contributed by atoms with Gasteiger partial charge in [-0.05, 0) is 31.4 Å². The van der Waals surface area contributed by atoms with Crippen LogP contribution in [0.1, 0.15) is 25.3 Å². The monoisotopic (exact) mass is 395 g/mol. The van der Waals surface area contributed by atoms with Crippen LogP contribution in [0.5, 0.6) is 0 Å². The topological polar surface area (TPSA) is 46.1 Å². The first-order valence-corrected chi connectivity index (χ1v) is 11.0. The maximum Gasteiger partial charge on any atom is 0.194 e. The predicted molar refractivity (Wildman–Crippen MR) is 109 cm³/mol. The SMILES string of the molecule is CCNC(=NCCSCc1ccccc1F)N1CCOC(C2CCCO2)C1. The lowest BCUT2D eigenvalue weighted by molar-refractivity contribution is -0.0816. The molecule has 2 heterocycles. The van der Waals surface area contributed by atoms with Crippen LogP contribution in [-0.4, -0.2) is 68.2 Å². The molecule has 3 rings (SSSR count). The highest BCUT2D eigenvalue weighted by Crippen LogP contribution is 2.21. The van der Waals surface area contributed by atoms with Crippen molar-refractivity contribution in [3.05, 3.63) is 35.6 Å². The minimum atomic E-state index is -0.129. The maximum atomic E-state index is 13.7. The summed E-state index contributed by atoms with van der Waals surface area (Å²) in [6.07, 6.45) is 2.55. The zero-order valence-corrected chi connectivity index (χ0v) is 16.8. The van der Waals surface area contributed by atoms with Gasteiger partial charge in [-0.3, -0.25) is 4.99 Å². The van der Waals surface area contributed by atoms with Gasteiger partial charge in [0.2, 0.25) is 0 Å². The van der Waals surface area contributed by atoms with Crippen molar-refractivity contribution >= 4 is 17.7 Å². The van der Waals surface area contributed by atoms with Gasteiger partial charge >= 0.3 is 0 Å². The van der Waals surface area contributed by atoms with Crippen LogP contribution in [-0.2, 0) is 15.2 Å². The van der Waals surface area contributed by atoms with E-state index >= 15 is 0 Å². The molecule has 7 heteroatoms. The Morgan fingerprint density at radius 2 is 2.15 bits per heavy atom. The van der Waals surface area contributed by atoms with E-state index in [-0.39, 0.29) is 18.0 Å². The van der Waals surface area contributed by atoms with Crippen LogP contribution in [0.25, 0.3) is 0 Å². The molecule has 2 atom stereocenters. The number of aliphatic imine (C=N–C) groups is 1. The summed E-state index contributed by atoms with van der Waals surface area (Å²) in [5.41, 5.74) is 0.756. The van der Waals surface area contributed by atoms with E-state index in [1.54, 1.807) is 17.8 Å². The van der Waals surface area contributed by atoms with Crippen molar-refractivity contribution < 1.29 is 13.9 Å². The summed E-state index contributed by atoms with van der Waals surface area (Å²) in [4.78, 5) is 7.05. The lowest BCUT2D eigenvalue weighted by atomic mass is 10.1. The van der Waals surface area contributed by atoms with E-state index in [2.05, 4.69) is 17.1 Å². The van der Waals surface area contributed by atoms with Gasteiger partial charge in [0.1, 0.15) is 11.9 Å². The van der Waals surface area contributed by atoms with Crippen LogP contribution in [0.4, 0.5) is 4.39 Å². The fraction of sp³-hybridized carbons (Fsp3) is 0.650. The molecule has 1 aromatic rings. The second-order valence-corrected chi connectivity index (χ2v) is 7.89. The maximum absolute atomic E-state index is 13.7. The third-order valence-corrected chi connectivity index (χ3v) is 5.81. The van der Waals surface area contributed by atoms with Gasteiger partial charge < -0.3 is 19.7 Å². The number of thioether (sulfide) groups is 1. The highest BCUT2D eigenvalue weighted by molar-refractivity contribution is 7.98. The van der Waals surface area contributed by atoms with Crippen molar-refractivity contribution in [1.29, 1.82) is 0 Å². The number of nitrogens with one attached hydrogen (secondary N) is 1. The fourth-order valence-electron chi connectivity index (χ4n) is 3.43. The third kappa shape index (κ3) is 6.09. The van der Waals surface area contributed by atoms with Gasteiger partial charge in [0.15, 0.2) is 5.96 Å². The van der Waals surface area contributed by atoms with Crippen molar-refractivity contribution in [3.63, 3.8) is 0 Å². The Balaban J connectivity index is 1.47. The van der Waals surface area contributed by atoms with Crippen molar-refractivity contribution in [1.82, 2.24) is 10.2 Å². The van der Waals surface area contributed by atoms with Gasteiger partial charge in [0, 0.05) is 37.7 Å². The van der Waals surface area contributed by atoms with Crippen LogP contribution in [0.15, 0.2) is 29.3 Å². The number of hydrogen-bond donors (Lipinski definition) is 1. The molecule has 5 nitrogen and oxygen atoms in total. The number of ether oxygens (including phenoxy) is 2. The zero-order chi connectivity index (χ0) is 18.9. The van der Waals surface area contributed by atoms with Gasteiger partial charge in [-0.25, -0.2) is 4.39 Å². The van der Waals surface area contributed by atoms with E-state index in [0.29, 0.717) is 18.9 Å². The smallest absolute Gasteiger partial charge is 0.194 e. The number of rotatable bonds is 7. The molecule has 1 aromatic carbocycles. The average Bonchev–Trinajstić information content (AvgIpc) is 3.23. The normalized spacial score (nSPS) is 23.6. The lowest BCUT2D eigenvalue weighted by Crippen LogP contribution is -2.53. The second-order valence-electron chi connectivity index (χ2n) is 6.79. The molecule has 2 aliphatic heterocycles. The predicted octanol–water partition coefficient (Wildman–Crippen LogP) is 2.90. The van der Waals surface area contributed by atoms with Gasteiger partial charge in [0.25, 0.3) is 0 Å². The molecule has 27 heavy (non-hydrogen) atoms. The summed E-state index contributed by atoms with van der Waals surface area (Å²) in [6, 6.07) is 6.96. The summed E-state index contributed by atoms with van der Waals surface area (Å²) < 4.78 is 25.4. The molecular formula is C20H30FN3O2S. The minimum absolute atomic E-state index is 0.125. The molecule has 0 spiro atoms. The van der Waals surface area contributed by atoms with Crippen LogP contribution >= 0.6 is 11.8 Å². The summed E-state index contributed by atoms with van der Waals surface area (Å²) in [5.74, 6) is 2.35. The Morgan fingerprint density at radius 1 is 1.30 bits per heavy atom. The summed E-state index contributed by atoms with van der Waals surface area (Å²) in [5, 5.41) is 3.39. The molecule has 2 aliphatic rings. The molecule has 0 saturated carbocycles. The molecule has 2 unspecified atom stereocenters. The molecule has 0 radical (unpaired) electrons. The van der Waals surface area contributed by atoms with E-state index in [4.69, 9.17) is 14.5 Å². The lowest BCUT2D eigenvalue weighted by Gasteiger charge is -2.37. The van der Waals surface area contributed by atoms with Crippen LogP contribution in [0.3, 0.4) is 0 Å². The first-order chi connectivity index (χ1) is 13.3. The molecular weight excluding hydrogens is 365 g/mol. The highest BCUT2D eigenvalue weighted by Gasteiger charge is 2.32. The fourth-order valence-corrected chi connectivity index (χ4v) is 4.25. The minimum Gasteiger partial charge on any atom is -0.375 e. The molecule has 150 valence electrons. The van der Waals surface area contributed by atoms with Crippen LogP contribution < -0.4 is 5.32 Å². The Labute approximate surface area is 165 Å². The molecule has 0 bridgehead atoms. The molecule has 0 aromatic heterocycles. The quantitative estimate of drug-likeness (QED) is 0.437.